The van der Waals surface area contributed by atoms with Crippen LogP contribution in [-0.2, 0) is 11.3 Å². The summed E-state index contributed by atoms with van der Waals surface area (Å²) in [5, 5.41) is 17.0. The van der Waals surface area contributed by atoms with Gasteiger partial charge >= 0.3 is 5.97 Å². The van der Waals surface area contributed by atoms with Crippen LogP contribution < -0.4 is 0 Å². The monoisotopic (exact) mass is 274 g/mol. The van der Waals surface area contributed by atoms with Crippen molar-refractivity contribution in [1.82, 2.24) is 20.0 Å². The average molecular weight is 274 g/mol. The fraction of sp³-hybridized carbons (Fsp3) is 0.385. The van der Waals surface area contributed by atoms with Gasteiger partial charge in [0.05, 0.1) is 6.61 Å². The fourth-order valence-corrected chi connectivity index (χ4v) is 2.35. The van der Waals surface area contributed by atoms with Crippen molar-refractivity contribution in [2.24, 2.45) is 5.92 Å². The maximum absolute atomic E-state index is 11.3. The number of aromatic carboxylic acids is 1. The summed E-state index contributed by atoms with van der Waals surface area (Å²) in [7, 11) is 0. The summed E-state index contributed by atoms with van der Waals surface area (Å²) in [6.45, 7) is 2.03. The Morgan fingerprint density at radius 1 is 1.45 bits per heavy atom. The van der Waals surface area contributed by atoms with Gasteiger partial charge in [0.1, 0.15) is 5.69 Å². The molecule has 20 heavy (non-hydrogen) atoms. The minimum Gasteiger partial charge on any atom is -0.476 e. The van der Waals surface area contributed by atoms with E-state index >= 15 is 0 Å². The highest BCUT2D eigenvalue weighted by Gasteiger charge is 2.24. The van der Waals surface area contributed by atoms with Gasteiger partial charge < -0.3 is 9.84 Å². The van der Waals surface area contributed by atoms with Crippen molar-refractivity contribution in [2.45, 2.75) is 13.0 Å². The molecule has 0 bridgehead atoms. The second-order valence-corrected chi connectivity index (χ2v) is 4.74. The first-order chi connectivity index (χ1) is 9.75. The lowest BCUT2D eigenvalue weighted by Gasteiger charge is -2.10. The lowest BCUT2D eigenvalue weighted by atomic mass is 10.1. The predicted molar refractivity (Wildman–Crippen MR) is 69.1 cm³/mol. The Labute approximate surface area is 115 Å². The van der Waals surface area contributed by atoms with Crippen molar-refractivity contribution in [1.29, 1.82) is 0 Å². The third kappa shape index (κ3) is 2.39. The number of nitrogens with zero attached hydrogens (tertiary/aromatic N) is 4. The Hall–Kier alpha value is -2.28. The zero-order chi connectivity index (χ0) is 13.9. The summed E-state index contributed by atoms with van der Waals surface area (Å²) >= 11 is 0. The molecule has 1 atom stereocenters. The number of aromatic nitrogens is 4. The maximum atomic E-state index is 11.3. The Bertz CT molecular complexity index is 605. The van der Waals surface area contributed by atoms with Gasteiger partial charge in [0.25, 0.3) is 0 Å². The van der Waals surface area contributed by atoms with Crippen molar-refractivity contribution in [3.05, 3.63) is 30.2 Å². The Kier molecular flexibility index (Phi) is 3.42. The molecule has 0 spiro atoms. The lowest BCUT2D eigenvalue weighted by Crippen LogP contribution is -2.13. The van der Waals surface area contributed by atoms with Crippen LogP contribution in [-0.4, -0.2) is 44.3 Å². The van der Waals surface area contributed by atoms with E-state index in [2.05, 4.69) is 15.3 Å². The van der Waals surface area contributed by atoms with E-state index in [4.69, 9.17) is 4.74 Å². The lowest BCUT2D eigenvalue weighted by molar-refractivity contribution is 0.0691. The highest BCUT2D eigenvalue weighted by Crippen LogP contribution is 2.24. The summed E-state index contributed by atoms with van der Waals surface area (Å²) in [4.78, 5) is 15.2. The molecule has 3 heterocycles. The maximum Gasteiger partial charge on any atom is 0.358 e. The smallest absolute Gasteiger partial charge is 0.358 e. The van der Waals surface area contributed by atoms with E-state index in [1.165, 1.54) is 0 Å². The second-order valence-electron chi connectivity index (χ2n) is 4.74. The molecule has 0 aromatic carbocycles. The molecule has 104 valence electrons. The molecule has 1 fully saturated rings. The van der Waals surface area contributed by atoms with Gasteiger partial charge in [-0.25, -0.2) is 9.48 Å². The normalized spacial score (nSPS) is 18.3. The molecular weight excluding hydrogens is 260 g/mol. The van der Waals surface area contributed by atoms with Crippen LogP contribution in [0.3, 0.4) is 0 Å². The second kappa shape index (κ2) is 5.38. The van der Waals surface area contributed by atoms with E-state index in [0.29, 0.717) is 24.8 Å². The molecule has 1 N–H and O–H groups in total. The van der Waals surface area contributed by atoms with Gasteiger partial charge in [-0.15, -0.1) is 5.10 Å². The average Bonchev–Trinajstić information content (AvgIpc) is 3.09. The molecule has 1 aliphatic heterocycles. The standard InChI is InChI=1S/C13H14N4O3/c18-13(19)11-12(10-1-4-14-5-2-10)17(16-15-11)7-9-3-6-20-8-9/h1-2,4-5,9H,3,6-8H2,(H,18,19). The van der Waals surface area contributed by atoms with Crippen molar-refractivity contribution < 1.29 is 14.6 Å². The van der Waals surface area contributed by atoms with E-state index in [1.54, 1.807) is 29.2 Å². The van der Waals surface area contributed by atoms with Crippen molar-refractivity contribution in [3.63, 3.8) is 0 Å². The van der Waals surface area contributed by atoms with Crippen LogP contribution in [0.25, 0.3) is 11.3 Å². The number of hydrogen-bond acceptors (Lipinski definition) is 5. The number of hydrogen-bond donors (Lipinski definition) is 1. The topological polar surface area (TPSA) is 90.1 Å². The largest absolute Gasteiger partial charge is 0.476 e. The van der Waals surface area contributed by atoms with Gasteiger partial charge in [0.15, 0.2) is 5.69 Å². The van der Waals surface area contributed by atoms with E-state index in [1.807, 2.05) is 0 Å². The van der Waals surface area contributed by atoms with Gasteiger partial charge in [0, 0.05) is 37.0 Å². The molecular formula is C13H14N4O3. The number of carbonyl (C=O) groups is 1. The highest BCUT2D eigenvalue weighted by atomic mass is 16.5. The molecule has 0 amide bonds. The van der Waals surface area contributed by atoms with Crippen molar-refractivity contribution in [3.8, 4) is 11.3 Å². The number of rotatable bonds is 4. The first kappa shape index (κ1) is 12.7. The highest BCUT2D eigenvalue weighted by molar-refractivity contribution is 5.92. The van der Waals surface area contributed by atoms with Crippen LogP contribution in [0.4, 0.5) is 0 Å². The Morgan fingerprint density at radius 2 is 2.25 bits per heavy atom. The summed E-state index contributed by atoms with van der Waals surface area (Å²) < 4.78 is 6.99. The molecule has 2 aromatic heterocycles. The van der Waals surface area contributed by atoms with Gasteiger partial charge in [-0.1, -0.05) is 5.21 Å². The molecule has 2 aromatic rings. The minimum absolute atomic E-state index is 0.0323. The Balaban J connectivity index is 1.99. The van der Waals surface area contributed by atoms with Gasteiger partial charge in [0.2, 0.25) is 0 Å². The van der Waals surface area contributed by atoms with E-state index in [0.717, 1.165) is 18.6 Å². The van der Waals surface area contributed by atoms with Gasteiger partial charge in [-0.3, -0.25) is 4.98 Å². The first-order valence-electron chi connectivity index (χ1n) is 6.40. The molecule has 7 nitrogen and oxygen atoms in total. The summed E-state index contributed by atoms with van der Waals surface area (Å²) in [5.41, 5.74) is 1.24. The summed E-state index contributed by atoms with van der Waals surface area (Å²) in [5.74, 6) is -0.732. The molecule has 3 rings (SSSR count). The van der Waals surface area contributed by atoms with Crippen LogP contribution >= 0.6 is 0 Å². The van der Waals surface area contributed by atoms with Gasteiger partial charge in [-0.2, -0.15) is 0 Å². The molecule has 7 heteroatoms. The molecule has 1 aliphatic rings. The summed E-state index contributed by atoms with van der Waals surface area (Å²) in [6, 6.07) is 3.51. The van der Waals surface area contributed by atoms with E-state index < -0.39 is 5.97 Å². The van der Waals surface area contributed by atoms with Crippen molar-refractivity contribution >= 4 is 5.97 Å². The van der Waals surface area contributed by atoms with Crippen LogP contribution in [0.15, 0.2) is 24.5 Å². The molecule has 0 radical (unpaired) electrons. The van der Waals surface area contributed by atoms with Gasteiger partial charge in [-0.05, 0) is 18.6 Å². The third-order valence-electron chi connectivity index (χ3n) is 3.35. The predicted octanol–water partition coefficient (Wildman–Crippen LogP) is 1.07. The Morgan fingerprint density at radius 3 is 2.90 bits per heavy atom. The van der Waals surface area contributed by atoms with Crippen LogP contribution in [0, 0.1) is 5.92 Å². The van der Waals surface area contributed by atoms with E-state index in [9.17, 15) is 9.90 Å². The number of carboxylic acid groups (broad SMARTS) is 1. The van der Waals surface area contributed by atoms with Crippen molar-refractivity contribution in [2.75, 3.05) is 13.2 Å². The fourth-order valence-electron chi connectivity index (χ4n) is 2.35. The van der Waals surface area contributed by atoms with E-state index in [-0.39, 0.29) is 5.69 Å². The first-order valence-corrected chi connectivity index (χ1v) is 6.40. The SMILES string of the molecule is O=C(O)c1nnn(CC2CCOC2)c1-c1ccncc1. The summed E-state index contributed by atoms with van der Waals surface area (Å²) in [6.07, 6.45) is 4.20. The number of carboxylic acids is 1. The zero-order valence-electron chi connectivity index (χ0n) is 10.8. The van der Waals surface area contributed by atoms with Crippen LogP contribution in [0.1, 0.15) is 16.9 Å². The third-order valence-corrected chi connectivity index (χ3v) is 3.35. The van der Waals surface area contributed by atoms with Crippen LogP contribution in [0.2, 0.25) is 0 Å². The quantitative estimate of drug-likeness (QED) is 0.897. The number of pyridine rings is 1. The molecule has 0 saturated carbocycles. The molecule has 1 unspecified atom stereocenters. The zero-order valence-corrected chi connectivity index (χ0v) is 10.8. The minimum atomic E-state index is -1.08. The van der Waals surface area contributed by atoms with Crippen LogP contribution in [0.5, 0.6) is 0 Å². The molecule has 0 aliphatic carbocycles. The molecule has 1 saturated heterocycles. The number of ether oxygens (including phenoxy) is 1.